The lowest BCUT2D eigenvalue weighted by Gasteiger charge is -2.27. The number of benzene rings is 1. The highest BCUT2D eigenvalue weighted by Gasteiger charge is 2.34. The van der Waals surface area contributed by atoms with Gasteiger partial charge in [0.1, 0.15) is 5.75 Å². The summed E-state index contributed by atoms with van der Waals surface area (Å²) in [6.07, 6.45) is 6.75. The molecule has 0 spiro atoms. The number of carbonyl (C=O) groups is 1. The Kier molecular flexibility index (Phi) is 6.83. The summed E-state index contributed by atoms with van der Waals surface area (Å²) in [5.41, 5.74) is 1.08. The molecule has 2 heterocycles. The number of aromatic nitrogens is 2. The molecule has 0 aliphatic heterocycles. The second kappa shape index (κ2) is 9.76. The van der Waals surface area contributed by atoms with Crippen LogP contribution in [-0.2, 0) is 16.6 Å². The van der Waals surface area contributed by atoms with Crippen LogP contribution >= 0.6 is 11.3 Å². The summed E-state index contributed by atoms with van der Waals surface area (Å²) in [7, 11) is -2.17. The molecule has 3 aromatic rings. The summed E-state index contributed by atoms with van der Waals surface area (Å²) < 4.78 is 33.7. The van der Waals surface area contributed by atoms with Crippen LogP contribution in [0.2, 0.25) is 0 Å². The predicted octanol–water partition coefficient (Wildman–Crippen LogP) is 3.93. The van der Waals surface area contributed by atoms with E-state index in [1.54, 1.807) is 65.6 Å². The molecule has 0 atom stereocenters. The highest BCUT2D eigenvalue weighted by molar-refractivity contribution is 7.89. The predicted molar refractivity (Wildman–Crippen MR) is 122 cm³/mol. The van der Waals surface area contributed by atoms with E-state index in [4.69, 9.17) is 4.74 Å². The van der Waals surface area contributed by atoms with Gasteiger partial charge in [0.25, 0.3) is 5.91 Å². The highest BCUT2D eigenvalue weighted by Crippen LogP contribution is 2.31. The number of methoxy groups -OCH3 is 1. The van der Waals surface area contributed by atoms with Crippen molar-refractivity contribution < 1.29 is 17.9 Å². The highest BCUT2D eigenvalue weighted by atomic mass is 32.2. The number of ether oxygens (including phenoxy) is 1. The molecular formula is C22H24N4O4S2. The molecule has 168 valence electrons. The lowest BCUT2D eigenvalue weighted by atomic mass is 10.2. The molecule has 0 saturated heterocycles. The van der Waals surface area contributed by atoms with Gasteiger partial charge in [0.05, 0.1) is 24.2 Å². The third-order valence-electron chi connectivity index (χ3n) is 5.43. The standard InChI is InChI=1S/C22H24N4O4S2/c1-30-19-6-8-20(9-7-19)32(28,29)26(18-4-2-3-5-18)14-17-15-31-22(24-17)25-21(27)16-10-12-23-13-11-16/h6-13,15,18H,2-5,14H2,1H3,(H,24,25,27). The van der Waals surface area contributed by atoms with Gasteiger partial charge in [-0.2, -0.15) is 4.31 Å². The molecule has 10 heteroatoms. The molecule has 8 nitrogen and oxygen atoms in total. The topological polar surface area (TPSA) is 101 Å². The fourth-order valence-electron chi connectivity index (χ4n) is 3.75. The Morgan fingerprint density at radius 3 is 2.50 bits per heavy atom. The van der Waals surface area contributed by atoms with Crippen molar-refractivity contribution in [3.05, 3.63) is 65.4 Å². The zero-order chi connectivity index (χ0) is 22.6. The number of nitrogens with zero attached hydrogens (tertiary/aromatic N) is 3. The second-order valence-electron chi connectivity index (χ2n) is 7.50. The average molecular weight is 473 g/mol. The maximum Gasteiger partial charge on any atom is 0.257 e. The minimum atomic E-state index is -3.72. The normalized spacial score (nSPS) is 14.6. The van der Waals surface area contributed by atoms with Gasteiger partial charge >= 0.3 is 0 Å². The fourth-order valence-corrected chi connectivity index (χ4v) is 6.11. The van der Waals surface area contributed by atoms with Crippen molar-refractivity contribution in [3.63, 3.8) is 0 Å². The average Bonchev–Trinajstić information content (AvgIpc) is 3.50. The molecule has 1 N–H and O–H groups in total. The van der Waals surface area contributed by atoms with Crippen LogP contribution in [-0.4, -0.2) is 41.7 Å². The van der Waals surface area contributed by atoms with Crippen molar-refractivity contribution in [1.29, 1.82) is 0 Å². The molecule has 1 saturated carbocycles. The summed E-state index contributed by atoms with van der Waals surface area (Å²) in [5, 5.41) is 4.97. The van der Waals surface area contributed by atoms with E-state index in [1.165, 1.54) is 11.3 Å². The van der Waals surface area contributed by atoms with Gasteiger partial charge in [0, 0.05) is 29.4 Å². The minimum absolute atomic E-state index is 0.0707. The zero-order valence-corrected chi connectivity index (χ0v) is 19.2. The summed E-state index contributed by atoms with van der Waals surface area (Å²) in [6, 6.07) is 9.60. The Bertz CT molecular complexity index is 1160. The van der Waals surface area contributed by atoms with Crippen LogP contribution in [0, 0.1) is 0 Å². The number of hydrogen-bond donors (Lipinski definition) is 1. The number of amides is 1. The van der Waals surface area contributed by atoms with Gasteiger partial charge in [0.2, 0.25) is 10.0 Å². The van der Waals surface area contributed by atoms with Crippen LogP contribution in [0.1, 0.15) is 41.7 Å². The SMILES string of the molecule is COc1ccc(S(=O)(=O)N(Cc2csc(NC(=O)c3ccncc3)n2)C2CCCC2)cc1. The van der Waals surface area contributed by atoms with Gasteiger partial charge in [-0.25, -0.2) is 13.4 Å². The zero-order valence-electron chi connectivity index (χ0n) is 17.6. The smallest absolute Gasteiger partial charge is 0.257 e. The molecule has 1 fully saturated rings. The van der Waals surface area contributed by atoms with Gasteiger partial charge < -0.3 is 4.74 Å². The number of hydrogen-bond acceptors (Lipinski definition) is 7. The summed E-state index contributed by atoms with van der Waals surface area (Å²) in [5.74, 6) is 0.317. The maximum absolute atomic E-state index is 13.5. The van der Waals surface area contributed by atoms with E-state index in [9.17, 15) is 13.2 Å². The lowest BCUT2D eigenvalue weighted by Crippen LogP contribution is -2.38. The number of sulfonamides is 1. The van der Waals surface area contributed by atoms with Crippen molar-refractivity contribution in [2.24, 2.45) is 0 Å². The largest absolute Gasteiger partial charge is 0.497 e. The first-order chi connectivity index (χ1) is 15.5. The Hall–Kier alpha value is -2.82. The van der Waals surface area contributed by atoms with Gasteiger partial charge in [-0.1, -0.05) is 12.8 Å². The third-order valence-corrected chi connectivity index (χ3v) is 8.15. The molecule has 2 aromatic heterocycles. The summed E-state index contributed by atoms with van der Waals surface area (Å²) in [6.45, 7) is 0.153. The van der Waals surface area contributed by atoms with Crippen LogP contribution in [0.3, 0.4) is 0 Å². The lowest BCUT2D eigenvalue weighted by molar-refractivity contribution is 0.102. The van der Waals surface area contributed by atoms with Crippen molar-refractivity contribution >= 4 is 32.4 Å². The van der Waals surface area contributed by atoms with Crippen molar-refractivity contribution in [3.8, 4) is 5.75 Å². The number of pyridine rings is 1. The first-order valence-electron chi connectivity index (χ1n) is 10.3. The van der Waals surface area contributed by atoms with Crippen LogP contribution in [0.5, 0.6) is 5.75 Å². The number of rotatable bonds is 8. The quantitative estimate of drug-likeness (QED) is 0.533. The molecule has 1 aliphatic carbocycles. The fraction of sp³-hybridized carbons (Fsp3) is 0.318. The molecular weight excluding hydrogens is 448 g/mol. The van der Waals surface area contributed by atoms with Gasteiger partial charge in [-0.05, 0) is 49.2 Å². The Balaban J connectivity index is 1.54. The van der Waals surface area contributed by atoms with Gasteiger partial charge in [-0.3, -0.25) is 15.1 Å². The van der Waals surface area contributed by atoms with Crippen molar-refractivity contribution in [2.75, 3.05) is 12.4 Å². The molecule has 32 heavy (non-hydrogen) atoms. The van der Waals surface area contributed by atoms with Crippen molar-refractivity contribution in [1.82, 2.24) is 14.3 Å². The number of carbonyl (C=O) groups excluding carboxylic acids is 1. The Morgan fingerprint density at radius 1 is 1.16 bits per heavy atom. The van der Waals surface area contributed by atoms with E-state index >= 15 is 0 Å². The van der Waals surface area contributed by atoms with Gasteiger partial charge in [-0.15, -0.1) is 11.3 Å². The molecule has 0 radical (unpaired) electrons. The number of nitrogens with one attached hydrogen (secondary N) is 1. The molecule has 1 amide bonds. The van der Waals surface area contributed by atoms with Gasteiger partial charge in [0.15, 0.2) is 5.13 Å². The Morgan fingerprint density at radius 2 is 1.84 bits per heavy atom. The third kappa shape index (κ3) is 4.98. The van der Waals surface area contributed by atoms with Crippen LogP contribution < -0.4 is 10.1 Å². The van der Waals surface area contributed by atoms with Crippen molar-refractivity contribution in [2.45, 2.75) is 43.2 Å². The molecule has 4 rings (SSSR count). The summed E-state index contributed by atoms with van der Waals surface area (Å²) >= 11 is 1.27. The van der Waals surface area contributed by atoms with E-state index < -0.39 is 10.0 Å². The first-order valence-corrected chi connectivity index (χ1v) is 12.6. The van der Waals surface area contributed by atoms with E-state index in [0.29, 0.717) is 22.1 Å². The van der Waals surface area contributed by atoms with Crippen LogP contribution in [0.15, 0.2) is 59.1 Å². The molecule has 1 aromatic carbocycles. The van der Waals surface area contributed by atoms with Crippen LogP contribution in [0.25, 0.3) is 0 Å². The molecule has 0 unspecified atom stereocenters. The van der Waals surface area contributed by atoms with E-state index in [0.717, 1.165) is 25.7 Å². The number of anilines is 1. The van der Waals surface area contributed by atoms with E-state index in [2.05, 4.69) is 15.3 Å². The van der Waals surface area contributed by atoms with Crippen LogP contribution in [0.4, 0.5) is 5.13 Å². The van der Waals surface area contributed by atoms with E-state index in [-0.39, 0.29) is 23.4 Å². The molecule has 0 bridgehead atoms. The first kappa shape index (κ1) is 22.4. The molecule has 1 aliphatic rings. The monoisotopic (exact) mass is 472 g/mol. The summed E-state index contributed by atoms with van der Waals surface area (Å²) in [4.78, 5) is 21.0. The van der Waals surface area contributed by atoms with E-state index in [1.807, 2.05) is 0 Å². The maximum atomic E-state index is 13.5. The number of thiazole rings is 1. The Labute approximate surface area is 191 Å². The minimum Gasteiger partial charge on any atom is -0.497 e. The second-order valence-corrected chi connectivity index (χ2v) is 10.2.